The Hall–Kier alpha value is -2.30. The molecule has 1 atom stereocenters. The van der Waals surface area contributed by atoms with Crippen molar-refractivity contribution in [1.82, 2.24) is 15.5 Å². The maximum Gasteiger partial charge on any atom is 0.319 e. The average molecular weight is 286 g/mol. The van der Waals surface area contributed by atoms with Gasteiger partial charge in [0, 0.05) is 23.8 Å². The maximum atomic E-state index is 12.0. The number of aromatic nitrogens is 2. The zero-order chi connectivity index (χ0) is 15.4. The molecule has 1 heterocycles. The van der Waals surface area contributed by atoms with Crippen LogP contribution >= 0.6 is 0 Å². The van der Waals surface area contributed by atoms with Crippen LogP contribution in [0.1, 0.15) is 29.4 Å². The average Bonchev–Trinajstić information content (AvgIpc) is 2.80. The Labute approximate surface area is 125 Å². The Morgan fingerprint density at radius 1 is 1.33 bits per heavy atom. The number of anilines is 1. The minimum atomic E-state index is -0.191. The molecule has 0 spiro atoms. The highest BCUT2D eigenvalue weighted by molar-refractivity contribution is 5.90. The second-order valence-corrected chi connectivity index (χ2v) is 5.49. The van der Waals surface area contributed by atoms with Gasteiger partial charge in [0.05, 0.1) is 5.69 Å². The lowest BCUT2D eigenvalue weighted by Gasteiger charge is -2.15. The van der Waals surface area contributed by atoms with Crippen LogP contribution in [0, 0.1) is 20.8 Å². The van der Waals surface area contributed by atoms with Gasteiger partial charge in [-0.3, -0.25) is 5.10 Å². The third kappa shape index (κ3) is 4.08. The van der Waals surface area contributed by atoms with Crippen molar-refractivity contribution in [3.8, 4) is 0 Å². The first-order valence-corrected chi connectivity index (χ1v) is 7.10. The molecule has 2 rings (SSSR count). The summed E-state index contributed by atoms with van der Waals surface area (Å²) in [5.41, 5.74) is 5.07. The third-order valence-corrected chi connectivity index (χ3v) is 3.50. The highest BCUT2D eigenvalue weighted by Gasteiger charge is 2.11. The van der Waals surface area contributed by atoms with Gasteiger partial charge in [-0.2, -0.15) is 5.10 Å². The van der Waals surface area contributed by atoms with Gasteiger partial charge in [0.1, 0.15) is 0 Å². The van der Waals surface area contributed by atoms with E-state index in [2.05, 4.69) is 20.8 Å². The third-order valence-electron chi connectivity index (χ3n) is 3.50. The van der Waals surface area contributed by atoms with Crippen LogP contribution in [-0.4, -0.2) is 22.3 Å². The van der Waals surface area contributed by atoms with Gasteiger partial charge in [0.15, 0.2) is 0 Å². The molecule has 0 saturated heterocycles. The molecule has 5 nitrogen and oxygen atoms in total. The van der Waals surface area contributed by atoms with Gasteiger partial charge in [-0.25, -0.2) is 4.79 Å². The summed E-state index contributed by atoms with van der Waals surface area (Å²) in [4.78, 5) is 12.0. The van der Waals surface area contributed by atoms with E-state index in [0.29, 0.717) is 6.42 Å². The number of H-pyrrole nitrogens is 1. The summed E-state index contributed by atoms with van der Waals surface area (Å²) < 4.78 is 0. The minimum absolute atomic E-state index is 0.0119. The van der Waals surface area contributed by atoms with E-state index in [1.54, 1.807) is 0 Å². The van der Waals surface area contributed by atoms with Gasteiger partial charge < -0.3 is 10.6 Å². The Morgan fingerprint density at radius 3 is 2.76 bits per heavy atom. The second kappa shape index (κ2) is 6.43. The number of carbonyl (C=O) groups is 1. The normalized spacial score (nSPS) is 12.0. The second-order valence-electron chi connectivity index (χ2n) is 5.49. The van der Waals surface area contributed by atoms with Crippen LogP contribution in [0.4, 0.5) is 10.5 Å². The first-order valence-electron chi connectivity index (χ1n) is 7.10. The monoisotopic (exact) mass is 286 g/mol. The zero-order valence-electron chi connectivity index (χ0n) is 12.9. The summed E-state index contributed by atoms with van der Waals surface area (Å²) in [6.45, 7) is 7.95. The molecule has 2 amide bonds. The van der Waals surface area contributed by atoms with Crippen molar-refractivity contribution in [2.75, 3.05) is 5.32 Å². The summed E-state index contributed by atoms with van der Waals surface area (Å²) in [6.07, 6.45) is 0.699. The number of rotatable bonds is 4. The van der Waals surface area contributed by atoms with Gasteiger partial charge in [-0.1, -0.05) is 12.1 Å². The number of nitrogens with one attached hydrogen (secondary N) is 3. The summed E-state index contributed by atoms with van der Waals surface area (Å²) in [7, 11) is 0. The number of carbonyl (C=O) groups excluding carboxylic acids is 1. The van der Waals surface area contributed by atoms with Crippen molar-refractivity contribution in [2.45, 2.75) is 40.2 Å². The van der Waals surface area contributed by atoms with Crippen LogP contribution in [0.25, 0.3) is 0 Å². The van der Waals surface area contributed by atoms with Crippen LogP contribution in [0.3, 0.4) is 0 Å². The van der Waals surface area contributed by atoms with Crippen molar-refractivity contribution >= 4 is 11.7 Å². The number of aromatic amines is 1. The van der Waals surface area contributed by atoms with Crippen LogP contribution in [0.2, 0.25) is 0 Å². The fourth-order valence-corrected chi connectivity index (χ4v) is 2.21. The number of amides is 2. The number of hydrogen-bond acceptors (Lipinski definition) is 2. The molecule has 5 heteroatoms. The van der Waals surface area contributed by atoms with Crippen molar-refractivity contribution < 1.29 is 4.79 Å². The zero-order valence-corrected chi connectivity index (χ0v) is 12.9. The van der Waals surface area contributed by atoms with Gasteiger partial charge in [0.2, 0.25) is 0 Å². The minimum Gasteiger partial charge on any atom is -0.335 e. The van der Waals surface area contributed by atoms with Gasteiger partial charge in [-0.15, -0.1) is 0 Å². The molecule has 0 saturated carbocycles. The molecule has 112 valence electrons. The molecule has 3 N–H and O–H groups in total. The molecule has 0 radical (unpaired) electrons. The Morgan fingerprint density at radius 2 is 2.10 bits per heavy atom. The molecule has 1 unspecified atom stereocenters. The SMILES string of the molecule is Cc1cc(CC(C)NC(=O)Nc2cccc(C)c2C)n[nH]1. The lowest BCUT2D eigenvalue weighted by Crippen LogP contribution is -2.37. The first-order chi connectivity index (χ1) is 9.95. The molecule has 2 aromatic rings. The van der Waals surface area contributed by atoms with Crippen LogP contribution < -0.4 is 10.6 Å². The molecule has 0 fully saturated rings. The first kappa shape index (κ1) is 15.1. The predicted octanol–water partition coefficient (Wildman–Crippen LogP) is 3.09. The highest BCUT2D eigenvalue weighted by Crippen LogP contribution is 2.17. The summed E-state index contributed by atoms with van der Waals surface area (Å²) in [6, 6.07) is 7.68. The largest absolute Gasteiger partial charge is 0.335 e. The van der Waals surface area contributed by atoms with E-state index >= 15 is 0 Å². The van der Waals surface area contributed by atoms with Crippen molar-refractivity contribution in [2.24, 2.45) is 0 Å². The molecule has 1 aromatic heterocycles. The number of hydrogen-bond donors (Lipinski definition) is 3. The van der Waals surface area contributed by atoms with Crippen LogP contribution in [-0.2, 0) is 6.42 Å². The van der Waals surface area contributed by atoms with E-state index in [1.807, 2.05) is 52.0 Å². The van der Waals surface area contributed by atoms with Crippen LogP contribution in [0.15, 0.2) is 24.3 Å². The van der Waals surface area contributed by atoms with Gasteiger partial charge >= 0.3 is 6.03 Å². The van der Waals surface area contributed by atoms with E-state index in [-0.39, 0.29) is 12.1 Å². The predicted molar refractivity (Wildman–Crippen MR) is 84.6 cm³/mol. The van der Waals surface area contributed by atoms with Gasteiger partial charge in [-0.05, 0) is 51.0 Å². The quantitative estimate of drug-likeness (QED) is 0.808. The molecule has 0 aliphatic carbocycles. The fraction of sp³-hybridized carbons (Fsp3) is 0.375. The smallest absolute Gasteiger partial charge is 0.319 e. The van der Waals surface area contributed by atoms with Crippen LogP contribution in [0.5, 0.6) is 0 Å². The summed E-state index contributed by atoms with van der Waals surface area (Å²) >= 11 is 0. The molecular weight excluding hydrogens is 264 g/mol. The molecule has 21 heavy (non-hydrogen) atoms. The Balaban J connectivity index is 1.90. The highest BCUT2D eigenvalue weighted by atomic mass is 16.2. The standard InChI is InChI=1S/C16H22N4O/c1-10-6-5-7-15(13(10)4)18-16(21)17-11(2)8-14-9-12(3)19-20-14/h5-7,9,11H,8H2,1-4H3,(H,19,20)(H2,17,18,21). The van der Waals surface area contributed by atoms with Crippen molar-refractivity contribution in [3.05, 3.63) is 46.8 Å². The van der Waals surface area contributed by atoms with E-state index < -0.39 is 0 Å². The maximum absolute atomic E-state index is 12.0. The molecule has 1 aromatic carbocycles. The molecule has 0 bridgehead atoms. The lowest BCUT2D eigenvalue weighted by molar-refractivity contribution is 0.249. The topological polar surface area (TPSA) is 69.8 Å². The number of urea groups is 1. The number of nitrogens with zero attached hydrogens (tertiary/aromatic N) is 1. The van der Waals surface area contributed by atoms with E-state index in [1.165, 1.54) is 0 Å². The van der Waals surface area contributed by atoms with Gasteiger partial charge in [0.25, 0.3) is 0 Å². The Kier molecular flexibility index (Phi) is 4.62. The lowest BCUT2D eigenvalue weighted by atomic mass is 10.1. The molecule has 0 aliphatic rings. The fourth-order valence-electron chi connectivity index (χ4n) is 2.21. The summed E-state index contributed by atoms with van der Waals surface area (Å²) in [5.74, 6) is 0. The molecular formula is C16H22N4O. The Bertz CT molecular complexity index is 633. The van der Waals surface area contributed by atoms with Crippen molar-refractivity contribution in [3.63, 3.8) is 0 Å². The van der Waals surface area contributed by atoms with E-state index in [0.717, 1.165) is 28.2 Å². The van der Waals surface area contributed by atoms with E-state index in [9.17, 15) is 4.79 Å². The van der Waals surface area contributed by atoms with E-state index in [4.69, 9.17) is 0 Å². The number of benzene rings is 1. The van der Waals surface area contributed by atoms with Crippen molar-refractivity contribution in [1.29, 1.82) is 0 Å². The summed E-state index contributed by atoms with van der Waals surface area (Å²) in [5, 5.41) is 12.9. The molecule has 0 aliphatic heterocycles. The number of aryl methyl sites for hydroxylation is 2.